The second-order valence-corrected chi connectivity index (χ2v) is 5.45. The first-order valence-corrected chi connectivity index (χ1v) is 9.24. The first-order chi connectivity index (χ1) is 12.6. The van der Waals surface area contributed by atoms with E-state index in [1.54, 1.807) is 24.3 Å². The summed E-state index contributed by atoms with van der Waals surface area (Å²) in [6, 6.07) is 6.59. The zero-order valence-corrected chi connectivity index (χ0v) is 16.2. The van der Waals surface area contributed by atoms with E-state index in [-0.39, 0.29) is 17.7 Å². The van der Waals surface area contributed by atoms with E-state index in [1.165, 1.54) is 0 Å². The van der Waals surface area contributed by atoms with E-state index >= 15 is 0 Å². The lowest BCUT2D eigenvalue weighted by Gasteiger charge is -2.09. The molecule has 1 aromatic carbocycles. The molecular weight excluding hydrogens is 336 g/mol. The molecule has 6 heteroatoms. The minimum atomic E-state index is -0.471. The van der Waals surface area contributed by atoms with Crippen LogP contribution in [-0.4, -0.2) is 50.1 Å². The Kier molecular flexibility index (Phi) is 15.3. The molecule has 1 N–H and O–H groups in total. The Morgan fingerprint density at radius 1 is 0.846 bits per heavy atom. The van der Waals surface area contributed by atoms with E-state index in [1.807, 2.05) is 20.8 Å². The summed E-state index contributed by atoms with van der Waals surface area (Å²) in [5.74, 6) is -0.942. The number of ether oxygens (including phenoxy) is 3. The molecular formula is C20H32O6. The molecule has 0 unspecified atom stereocenters. The Labute approximate surface area is 156 Å². The highest BCUT2D eigenvalue weighted by Gasteiger charge is 2.18. The fourth-order valence-corrected chi connectivity index (χ4v) is 1.82. The third-order valence-corrected chi connectivity index (χ3v) is 3.27. The minimum Gasteiger partial charge on any atom is -0.462 e. The Morgan fingerprint density at radius 2 is 1.31 bits per heavy atom. The zero-order valence-electron chi connectivity index (χ0n) is 16.2. The van der Waals surface area contributed by atoms with Crippen LogP contribution in [0.25, 0.3) is 0 Å². The zero-order chi connectivity index (χ0) is 19.6. The molecule has 0 saturated carbocycles. The SMILES string of the molecule is CCCCOC(=O)c1ccccc1C(=O)OCCCC.CCOCCO. The molecule has 26 heavy (non-hydrogen) atoms. The standard InChI is InChI=1S/C16H22O4.C4H10O2/c1-3-5-11-19-15(17)13-9-7-8-10-14(13)16(18)20-12-6-4-2;1-2-6-4-3-5/h7-10H,3-6,11-12H2,1-2H3;5H,2-4H2,1H3. The van der Waals surface area contributed by atoms with Gasteiger partial charge in [0.15, 0.2) is 0 Å². The Balaban J connectivity index is 0.000000896. The lowest BCUT2D eigenvalue weighted by atomic mass is 10.1. The number of hydrogen-bond donors (Lipinski definition) is 1. The van der Waals surface area contributed by atoms with Crippen molar-refractivity contribution >= 4 is 11.9 Å². The number of unbranched alkanes of at least 4 members (excludes halogenated alkanes) is 2. The van der Waals surface area contributed by atoms with Crippen molar-refractivity contribution in [2.45, 2.75) is 46.5 Å². The van der Waals surface area contributed by atoms with Crippen LogP contribution in [0, 0.1) is 0 Å². The van der Waals surface area contributed by atoms with Gasteiger partial charge in [-0.3, -0.25) is 0 Å². The third-order valence-electron chi connectivity index (χ3n) is 3.27. The smallest absolute Gasteiger partial charge is 0.339 e. The Bertz CT molecular complexity index is 456. The third kappa shape index (κ3) is 10.8. The summed E-state index contributed by atoms with van der Waals surface area (Å²) in [6.07, 6.45) is 3.53. The van der Waals surface area contributed by atoms with E-state index in [9.17, 15) is 9.59 Å². The maximum atomic E-state index is 11.9. The van der Waals surface area contributed by atoms with Gasteiger partial charge in [0.05, 0.1) is 37.6 Å². The molecule has 1 aromatic rings. The van der Waals surface area contributed by atoms with Crippen LogP contribution in [0.4, 0.5) is 0 Å². The molecule has 6 nitrogen and oxygen atoms in total. The molecule has 0 fully saturated rings. The second-order valence-electron chi connectivity index (χ2n) is 5.45. The summed E-state index contributed by atoms with van der Waals surface area (Å²) in [4.78, 5) is 23.9. The highest BCUT2D eigenvalue weighted by atomic mass is 16.5. The van der Waals surface area contributed by atoms with Gasteiger partial charge in [0.2, 0.25) is 0 Å². The number of rotatable bonds is 11. The molecule has 0 heterocycles. The predicted molar refractivity (Wildman–Crippen MR) is 100 cm³/mol. The molecule has 1 rings (SSSR count). The van der Waals surface area contributed by atoms with Gasteiger partial charge < -0.3 is 19.3 Å². The quantitative estimate of drug-likeness (QED) is 0.474. The van der Waals surface area contributed by atoms with Crippen LogP contribution >= 0.6 is 0 Å². The maximum Gasteiger partial charge on any atom is 0.339 e. The summed E-state index contributed by atoms with van der Waals surface area (Å²) in [5.41, 5.74) is 0.537. The molecule has 0 saturated heterocycles. The predicted octanol–water partition coefficient (Wildman–Crippen LogP) is 3.62. The van der Waals surface area contributed by atoms with Crippen LogP contribution in [0.1, 0.15) is 67.2 Å². The van der Waals surface area contributed by atoms with Crippen molar-refractivity contribution in [1.82, 2.24) is 0 Å². The summed E-state index contributed by atoms with van der Waals surface area (Å²) >= 11 is 0. The van der Waals surface area contributed by atoms with Gasteiger partial charge in [-0.15, -0.1) is 0 Å². The fourth-order valence-electron chi connectivity index (χ4n) is 1.82. The number of carbonyl (C=O) groups excluding carboxylic acids is 2. The number of carbonyl (C=O) groups is 2. The number of hydrogen-bond acceptors (Lipinski definition) is 6. The van der Waals surface area contributed by atoms with Crippen LogP contribution in [-0.2, 0) is 14.2 Å². The van der Waals surface area contributed by atoms with E-state index in [2.05, 4.69) is 0 Å². The molecule has 0 atom stereocenters. The number of aliphatic hydroxyl groups is 1. The first-order valence-electron chi connectivity index (χ1n) is 9.24. The van der Waals surface area contributed by atoms with Gasteiger partial charge in [-0.05, 0) is 31.9 Å². The summed E-state index contributed by atoms with van der Waals surface area (Å²) in [6.45, 7) is 7.98. The van der Waals surface area contributed by atoms with E-state index < -0.39 is 11.9 Å². The monoisotopic (exact) mass is 368 g/mol. The fraction of sp³-hybridized carbons (Fsp3) is 0.600. The molecule has 0 amide bonds. The molecule has 0 bridgehead atoms. The van der Waals surface area contributed by atoms with Crippen LogP contribution in [0.5, 0.6) is 0 Å². The highest BCUT2D eigenvalue weighted by molar-refractivity contribution is 6.03. The highest BCUT2D eigenvalue weighted by Crippen LogP contribution is 2.12. The van der Waals surface area contributed by atoms with E-state index in [0.29, 0.717) is 26.4 Å². The molecule has 0 aliphatic heterocycles. The average molecular weight is 368 g/mol. The van der Waals surface area contributed by atoms with Gasteiger partial charge >= 0.3 is 11.9 Å². The minimum absolute atomic E-state index is 0.133. The van der Waals surface area contributed by atoms with Crippen LogP contribution in [0.15, 0.2) is 24.3 Å². The lowest BCUT2D eigenvalue weighted by Crippen LogP contribution is -2.14. The lowest BCUT2D eigenvalue weighted by molar-refractivity contribution is 0.0452. The van der Waals surface area contributed by atoms with Gasteiger partial charge in [0.1, 0.15) is 0 Å². The van der Waals surface area contributed by atoms with Crippen molar-refractivity contribution in [3.05, 3.63) is 35.4 Å². The van der Waals surface area contributed by atoms with Gasteiger partial charge in [0, 0.05) is 6.61 Å². The number of benzene rings is 1. The van der Waals surface area contributed by atoms with Gasteiger partial charge in [-0.2, -0.15) is 0 Å². The Morgan fingerprint density at radius 3 is 1.62 bits per heavy atom. The van der Waals surface area contributed by atoms with Crippen molar-refractivity contribution in [3.8, 4) is 0 Å². The average Bonchev–Trinajstić information content (AvgIpc) is 2.67. The summed E-state index contributed by atoms with van der Waals surface area (Å²) in [7, 11) is 0. The molecule has 0 aromatic heterocycles. The van der Waals surface area contributed by atoms with E-state index in [0.717, 1.165) is 25.7 Å². The van der Waals surface area contributed by atoms with Crippen LogP contribution < -0.4 is 0 Å². The van der Waals surface area contributed by atoms with Crippen molar-refractivity contribution in [2.75, 3.05) is 33.0 Å². The topological polar surface area (TPSA) is 82.1 Å². The maximum absolute atomic E-state index is 11.9. The number of aliphatic hydroxyl groups excluding tert-OH is 1. The van der Waals surface area contributed by atoms with Crippen LogP contribution in [0.2, 0.25) is 0 Å². The van der Waals surface area contributed by atoms with Gasteiger partial charge in [-0.1, -0.05) is 38.8 Å². The first kappa shape index (κ1) is 24.1. The van der Waals surface area contributed by atoms with Crippen molar-refractivity contribution < 1.29 is 28.9 Å². The largest absolute Gasteiger partial charge is 0.462 e. The molecule has 148 valence electrons. The molecule has 0 spiro atoms. The van der Waals surface area contributed by atoms with Crippen molar-refractivity contribution in [2.24, 2.45) is 0 Å². The molecule has 0 radical (unpaired) electrons. The Hall–Kier alpha value is -1.92. The van der Waals surface area contributed by atoms with E-state index in [4.69, 9.17) is 19.3 Å². The molecule has 0 aliphatic carbocycles. The van der Waals surface area contributed by atoms with Gasteiger partial charge in [-0.25, -0.2) is 9.59 Å². The summed E-state index contributed by atoms with van der Waals surface area (Å²) in [5, 5.41) is 8.07. The van der Waals surface area contributed by atoms with Crippen LogP contribution in [0.3, 0.4) is 0 Å². The van der Waals surface area contributed by atoms with Gasteiger partial charge in [0.25, 0.3) is 0 Å². The second kappa shape index (κ2) is 16.5. The number of esters is 2. The van der Waals surface area contributed by atoms with Crippen molar-refractivity contribution in [1.29, 1.82) is 0 Å². The molecule has 0 aliphatic rings. The summed E-state index contributed by atoms with van der Waals surface area (Å²) < 4.78 is 15.0. The van der Waals surface area contributed by atoms with Crippen molar-refractivity contribution in [3.63, 3.8) is 0 Å². The normalized spacial score (nSPS) is 9.85.